The standard InChI is InChI=1S/C25H22N4O3S/c1-4-21(30)29-18-11-14(5-9-19(18)32-3)16-7-6-15-17(28-16)8-10-20-22(15)23-24(33-20)25(31)27-13(2)12-26-23/h4-11,13,26H,1,12H2,2-3H3,(H,27,31)(H,29,30)/t13-/m1/s1. The molecule has 166 valence electrons. The van der Waals surface area contributed by atoms with Crippen molar-refractivity contribution < 1.29 is 14.3 Å². The number of fused-ring (bicyclic) bond motifs is 5. The van der Waals surface area contributed by atoms with Crippen molar-refractivity contribution in [2.75, 3.05) is 24.3 Å². The molecule has 2 aromatic heterocycles. The zero-order valence-electron chi connectivity index (χ0n) is 18.2. The van der Waals surface area contributed by atoms with Gasteiger partial charge in [-0.15, -0.1) is 11.3 Å². The average Bonchev–Trinajstić information content (AvgIpc) is 3.15. The van der Waals surface area contributed by atoms with E-state index in [1.807, 2.05) is 43.3 Å². The van der Waals surface area contributed by atoms with E-state index in [-0.39, 0.29) is 17.9 Å². The Labute approximate surface area is 194 Å². The van der Waals surface area contributed by atoms with Gasteiger partial charge in [0.15, 0.2) is 0 Å². The van der Waals surface area contributed by atoms with Crippen molar-refractivity contribution in [1.29, 1.82) is 0 Å². The fraction of sp³-hybridized carbons (Fsp3) is 0.160. The number of ether oxygens (including phenoxy) is 1. The largest absolute Gasteiger partial charge is 0.495 e. The van der Waals surface area contributed by atoms with Gasteiger partial charge in [0, 0.05) is 33.6 Å². The van der Waals surface area contributed by atoms with Crippen LogP contribution in [0.5, 0.6) is 5.75 Å². The molecular formula is C25H22N4O3S. The fourth-order valence-electron chi connectivity index (χ4n) is 4.04. The molecule has 3 heterocycles. The monoisotopic (exact) mass is 458 g/mol. The molecule has 7 nitrogen and oxygen atoms in total. The number of rotatable bonds is 4. The van der Waals surface area contributed by atoms with E-state index in [4.69, 9.17) is 9.72 Å². The third-order valence-electron chi connectivity index (χ3n) is 5.63. The Balaban J connectivity index is 1.62. The van der Waals surface area contributed by atoms with E-state index in [1.54, 1.807) is 13.2 Å². The van der Waals surface area contributed by atoms with Crippen LogP contribution in [0.2, 0.25) is 0 Å². The predicted octanol–water partition coefficient (Wildman–Crippen LogP) is 4.79. The maximum Gasteiger partial charge on any atom is 0.263 e. The zero-order valence-corrected chi connectivity index (χ0v) is 19.0. The number of nitrogens with one attached hydrogen (secondary N) is 3. The van der Waals surface area contributed by atoms with Crippen molar-refractivity contribution in [3.05, 3.63) is 60.0 Å². The maximum atomic E-state index is 12.6. The third kappa shape index (κ3) is 3.68. The number of hydrogen-bond donors (Lipinski definition) is 3. The van der Waals surface area contributed by atoms with E-state index in [0.29, 0.717) is 22.9 Å². The molecular weight excluding hydrogens is 436 g/mol. The Morgan fingerprint density at radius 2 is 2.12 bits per heavy atom. The number of amides is 2. The highest BCUT2D eigenvalue weighted by atomic mass is 32.1. The number of nitrogens with zero attached hydrogens (tertiary/aromatic N) is 1. The first-order valence-electron chi connectivity index (χ1n) is 10.5. The van der Waals surface area contributed by atoms with Gasteiger partial charge < -0.3 is 20.7 Å². The second-order valence-electron chi connectivity index (χ2n) is 7.87. The molecule has 1 aliphatic rings. The molecule has 0 radical (unpaired) electrons. The molecule has 0 saturated heterocycles. The topological polar surface area (TPSA) is 92.4 Å². The van der Waals surface area contributed by atoms with Crippen LogP contribution in [0, 0.1) is 0 Å². The summed E-state index contributed by atoms with van der Waals surface area (Å²) in [7, 11) is 1.55. The van der Waals surface area contributed by atoms with Gasteiger partial charge in [0.05, 0.1) is 29.7 Å². The van der Waals surface area contributed by atoms with E-state index in [2.05, 4.69) is 22.5 Å². The Morgan fingerprint density at radius 3 is 2.91 bits per heavy atom. The van der Waals surface area contributed by atoms with Gasteiger partial charge in [0.1, 0.15) is 10.6 Å². The van der Waals surface area contributed by atoms with E-state index in [9.17, 15) is 9.59 Å². The molecule has 3 N–H and O–H groups in total. The normalized spacial score (nSPS) is 15.3. The summed E-state index contributed by atoms with van der Waals surface area (Å²) in [5, 5.41) is 11.2. The van der Waals surface area contributed by atoms with Crippen LogP contribution in [0.3, 0.4) is 0 Å². The minimum absolute atomic E-state index is 0.0474. The van der Waals surface area contributed by atoms with Gasteiger partial charge in [-0.05, 0) is 55.5 Å². The first kappa shape index (κ1) is 21.0. The van der Waals surface area contributed by atoms with Crippen LogP contribution in [0.4, 0.5) is 11.4 Å². The maximum absolute atomic E-state index is 12.6. The Kier molecular flexibility index (Phi) is 5.22. The minimum Gasteiger partial charge on any atom is -0.495 e. The highest BCUT2D eigenvalue weighted by Gasteiger charge is 2.24. The van der Waals surface area contributed by atoms with Crippen LogP contribution < -0.4 is 20.7 Å². The zero-order chi connectivity index (χ0) is 23.1. The second-order valence-corrected chi connectivity index (χ2v) is 8.92. The van der Waals surface area contributed by atoms with Gasteiger partial charge >= 0.3 is 0 Å². The lowest BCUT2D eigenvalue weighted by atomic mass is 10.1. The summed E-state index contributed by atoms with van der Waals surface area (Å²) in [6.45, 7) is 6.14. The first-order chi connectivity index (χ1) is 16.0. The highest BCUT2D eigenvalue weighted by molar-refractivity contribution is 7.21. The number of pyridine rings is 1. The molecule has 4 aromatic rings. The van der Waals surface area contributed by atoms with Crippen LogP contribution >= 0.6 is 11.3 Å². The summed E-state index contributed by atoms with van der Waals surface area (Å²) in [5.74, 6) is 0.188. The Bertz CT molecular complexity index is 1440. The summed E-state index contributed by atoms with van der Waals surface area (Å²) in [6.07, 6.45) is 1.21. The lowest BCUT2D eigenvalue weighted by molar-refractivity contribution is -0.111. The number of aromatic nitrogens is 1. The van der Waals surface area contributed by atoms with E-state index in [1.165, 1.54) is 17.4 Å². The van der Waals surface area contributed by atoms with Crippen molar-refractivity contribution in [3.63, 3.8) is 0 Å². The summed E-state index contributed by atoms with van der Waals surface area (Å²) >= 11 is 1.49. The van der Waals surface area contributed by atoms with Gasteiger partial charge in [-0.25, -0.2) is 4.98 Å². The number of hydrogen-bond acceptors (Lipinski definition) is 6. The number of carbonyl (C=O) groups excluding carboxylic acids is 2. The quantitative estimate of drug-likeness (QED) is 0.382. The third-order valence-corrected chi connectivity index (χ3v) is 6.78. The van der Waals surface area contributed by atoms with Crippen LogP contribution in [0.15, 0.2) is 55.1 Å². The SMILES string of the molecule is C=CC(=O)Nc1cc(-c2ccc3c(ccc4sc5c(c43)NC[C@@H](C)NC5=O)n2)ccc1OC. The summed E-state index contributed by atoms with van der Waals surface area (Å²) in [4.78, 5) is 30.0. The van der Waals surface area contributed by atoms with Crippen molar-refractivity contribution in [2.45, 2.75) is 13.0 Å². The highest BCUT2D eigenvalue weighted by Crippen LogP contribution is 2.41. The molecule has 1 aliphatic heterocycles. The molecule has 8 heteroatoms. The van der Waals surface area contributed by atoms with Crippen LogP contribution in [-0.4, -0.2) is 36.5 Å². The second kappa shape index (κ2) is 8.22. The number of carbonyl (C=O) groups is 2. The molecule has 5 rings (SSSR count). The fourth-order valence-corrected chi connectivity index (χ4v) is 5.13. The Morgan fingerprint density at radius 1 is 1.27 bits per heavy atom. The minimum atomic E-state index is -0.316. The van der Waals surface area contributed by atoms with Crippen molar-refractivity contribution >= 4 is 55.5 Å². The first-order valence-corrected chi connectivity index (χ1v) is 11.3. The summed E-state index contributed by atoms with van der Waals surface area (Å²) in [5.41, 5.74) is 3.85. The van der Waals surface area contributed by atoms with Crippen LogP contribution in [0.1, 0.15) is 16.6 Å². The van der Waals surface area contributed by atoms with E-state index < -0.39 is 0 Å². The van der Waals surface area contributed by atoms with Gasteiger partial charge in [-0.1, -0.05) is 6.58 Å². The number of methoxy groups -OCH3 is 1. The summed E-state index contributed by atoms with van der Waals surface area (Å²) in [6, 6.07) is 13.6. The van der Waals surface area contributed by atoms with Crippen molar-refractivity contribution in [2.24, 2.45) is 0 Å². The van der Waals surface area contributed by atoms with Gasteiger partial charge in [-0.2, -0.15) is 0 Å². The van der Waals surface area contributed by atoms with Crippen LogP contribution in [-0.2, 0) is 4.79 Å². The predicted molar refractivity (Wildman–Crippen MR) is 133 cm³/mol. The molecule has 0 fully saturated rings. The molecule has 33 heavy (non-hydrogen) atoms. The number of thiophene rings is 1. The summed E-state index contributed by atoms with van der Waals surface area (Å²) < 4.78 is 6.40. The van der Waals surface area contributed by atoms with Crippen molar-refractivity contribution in [3.8, 4) is 17.0 Å². The lowest BCUT2D eigenvalue weighted by Crippen LogP contribution is -2.34. The molecule has 2 amide bonds. The molecule has 0 unspecified atom stereocenters. The molecule has 1 atom stereocenters. The van der Waals surface area contributed by atoms with Gasteiger partial charge in [-0.3, -0.25) is 9.59 Å². The Hall–Kier alpha value is -3.91. The van der Waals surface area contributed by atoms with Crippen molar-refractivity contribution in [1.82, 2.24) is 10.3 Å². The van der Waals surface area contributed by atoms with E-state index >= 15 is 0 Å². The smallest absolute Gasteiger partial charge is 0.263 e. The van der Waals surface area contributed by atoms with Crippen LogP contribution in [0.25, 0.3) is 32.2 Å². The molecule has 0 bridgehead atoms. The molecule has 2 aromatic carbocycles. The average molecular weight is 459 g/mol. The molecule has 0 saturated carbocycles. The molecule has 0 spiro atoms. The van der Waals surface area contributed by atoms with Gasteiger partial charge in [0.2, 0.25) is 5.91 Å². The number of anilines is 2. The lowest BCUT2D eigenvalue weighted by Gasteiger charge is -2.12. The van der Waals surface area contributed by atoms with E-state index in [0.717, 1.165) is 37.9 Å². The van der Waals surface area contributed by atoms with Gasteiger partial charge in [0.25, 0.3) is 5.91 Å². The number of benzene rings is 2. The molecule has 0 aliphatic carbocycles.